The van der Waals surface area contributed by atoms with Crippen LogP contribution in [0.1, 0.15) is 36.0 Å². The molecule has 0 bridgehead atoms. The van der Waals surface area contributed by atoms with Gasteiger partial charge in [-0.05, 0) is 18.9 Å². The summed E-state index contributed by atoms with van der Waals surface area (Å²) >= 11 is 0. The number of hydrogen-bond acceptors (Lipinski definition) is 4. The van der Waals surface area contributed by atoms with Crippen molar-refractivity contribution < 1.29 is 9.21 Å². The van der Waals surface area contributed by atoms with E-state index in [1.165, 1.54) is 0 Å². The number of aryl methyl sites for hydroxylation is 2. The Morgan fingerprint density at radius 3 is 2.39 bits per heavy atom. The third-order valence-corrected chi connectivity index (χ3v) is 2.66. The molecule has 2 N–H and O–H groups in total. The monoisotopic (exact) mass is 275 g/mol. The molecule has 6 heteroatoms. The van der Waals surface area contributed by atoms with Gasteiger partial charge in [-0.1, -0.05) is 13.8 Å². The van der Waals surface area contributed by atoms with E-state index in [1.54, 1.807) is 25.8 Å². The van der Waals surface area contributed by atoms with Crippen LogP contribution in [0, 0.1) is 19.3 Å². The first-order chi connectivity index (χ1) is 7.76. The highest BCUT2D eigenvalue weighted by Gasteiger charge is 2.25. The third-order valence-electron chi connectivity index (χ3n) is 2.66. The molecule has 1 amide bonds. The van der Waals surface area contributed by atoms with Crippen LogP contribution in [0.15, 0.2) is 4.42 Å². The molecule has 0 aliphatic carbocycles. The van der Waals surface area contributed by atoms with E-state index in [-0.39, 0.29) is 23.7 Å². The van der Waals surface area contributed by atoms with Crippen molar-refractivity contribution in [3.63, 3.8) is 0 Å². The third kappa shape index (κ3) is 3.99. The molecule has 0 saturated heterocycles. The van der Waals surface area contributed by atoms with Crippen molar-refractivity contribution in [1.29, 1.82) is 0 Å². The van der Waals surface area contributed by atoms with Crippen molar-refractivity contribution in [3.8, 4) is 0 Å². The molecule has 0 unspecified atom stereocenters. The molecule has 5 nitrogen and oxygen atoms in total. The number of carbonyl (C=O) groups excluding carboxylic acids is 1. The van der Waals surface area contributed by atoms with Crippen molar-refractivity contribution in [2.45, 2.75) is 27.7 Å². The minimum absolute atomic E-state index is 0. The van der Waals surface area contributed by atoms with E-state index in [0.29, 0.717) is 30.4 Å². The van der Waals surface area contributed by atoms with Crippen LogP contribution in [-0.2, 0) is 0 Å². The van der Waals surface area contributed by atoms with Gasteiger partial charge in [0.1, 0.15) is 0 Å². The van der Waals surface area contributed by atoms with E-state index < -0.39 is 0 Å². The van der Waals surface area contributed by atoms with Gasteiger partial charge in [-0.15, -0.1) is 12.4 Å². The van der Waals surface area contributed by atoms with E-state index in [1.807, 2.05) is 13.8 Å². The van der Waals surface area contributed by atoms with Crippen LogP contribution >= 0.6 is 12.4 Å². The second-order valence-corrected chi connectivity index (χ2v) is 5.18. The summed E-state index contributed by atoms with van der Waals surface area (Å²) in [5.41, 5.74) is 6.18. The molecule has 1 aromatic heterocycles. The summed E-state index contributed by atoms with van der Waals surface area (Å²) in [5.74, 6) is 0.680. The zero-order chi connectivity index (χ0) is 13.2. The van der Waals surface area contributed by atoms with Crippen molar-refractivity contribution in [3.05, 3.63) is 17.3 Å². The smallest absolute Gasteiger partial charge is 0.291 e. The van der Waals surface area contributed by atoms with E-state index in [4.69, 9.17) is 10.2 Å². The second-order valence-electron chi connectivity index (χ2n) is 5.18. The lowest BCUT2D eigenvalue weighted by atomic mass is 9.93. The molecular formula is C12H22ClN3O2. The van der Waals surface area contributed by atoms with Crippen molar-refractivity contribution in [2.75, 3.05) is 20.1 Å². The number of oxazole rings is 1. The van der Waals surface area contributed by atoms with E-state index in [2.05, 4.69) is 4.98 Å². The van der Waals surface area contributed by atoms with E-state index in [9.17, 15) is 4.79 Å². The number of nitrogens with two attached hydrogens (primary N) is 1. The summed E-state index contributed by atoms with van der Waals surface area (Å²) in [6.45, 7) is 8.66. The Hall–Kier alpha value is -1.07. The molecule has 0 spiro atoms. The Balaban J connectivity index is 0.00000289. The van der Waals surface area contributed by atoms with Crippen molar-refractivity contribution in [1.82, 2.24) is 9.88 Å². The Morgan fingerprint density at radius 2 is 2.00 bits per heavy atom. The number of aromatic nitrogens is 1. The van der Waals surface area contributed by atoms with Crippen molar-refractivity contribution in [2.24, 2.45) is 11.1 Å². The number of halogens is 1. The summed E-state index contributed by atoms with van der Waals surface area (Å²) in [5, 5.41) is 0. The lowest BCUT2D eigenvalue weighted by Crippen LogP contribution is -2.39. The van der Waals surface area contributed by atoms with Crippen LogP contribution in [0.5, 0.6) is 0 Å². The maximum absolute atomic E-state index is 12.1. The zero-order valence-electron chi connectivity index (χ0n) is 11.6. The highest BCUT2D eigenvalue weighted by Crippen LogP contribution is 2.17. The number of hydrogen-bond donors (Lipinski definition) is 1. The molecule has 0 fully saturated rings. The van der Waals surface area contributed by atoms with Gasteiger partial charge in [0.2, 0.25) is 5.76 Å². The standard InChI is InChI=1S/C12H21N3O2.ClH/c1-8-10(17-9(2)14-8)11(16)15(5)7-12(3,4)6-13;/h6-7,13H2,1-5H3;1H. The fourth-order valence-corrected chi connectivity index (χ4v) is 1.68. The molecule has 1 rings (SSSR count). The Morgan fingerprint density at radius 1 is 1.44 bits per heavy atom. The van der Waals surface area contributed by atoms with Gasteiger partial charge < -0.3 is 15.1 Å². The van der Waals surface area contributed by atoms with Crippen LogP contribution in [-0.4, -0.2) is 35.9 Å². The molecule has 18 heavy (non-hydrogen) atoms. The topological polar surface area (TPSA) is 72.4 Å². The molecule has 0 atom stereocenters. The molecule has 1 aromatic rings. The first kappa shape index (κ1) is 16.9. The second kappa shape index (κ2) is 6.20. The summed E-state index contributed by atoms with van der Waals surface area (Å²) in [6.07, 6.45) is 0. The fourth-order valence-electron chi connectivity index (χ4n) is 1.68. The predicted octanol–water partition coefficient (Wildman–Crippen LogP) is 1.77. The quantitative estimate of drug-likeness (QED) is 0.909. The van der Waals surface area contributed by atoms with Gasteiger partial charge in [0.05, 0.1) is 5.69 Å². The average Bonchev–Trinajstić information content (AvgIpc) is 2.56. The van der Waals surface area contributed by atoms with Crippen LogP contribution in [0.25, 0.3) is 0 Å². The lowest BCUT2D eigenvalue weighted by Gasteiger charge is -2.28. The fraction of sp³-hybridized carbons (Fsp3) is 0.667. The average molecular weight is 276 g/mol. The minimum Gasteiger partial charge on any atom is -0.436 e. The summed E-state index contributed by atoms with van der Waals surface area (Å²) in [4.78, 5) is 17.8. The number of amides is 1. The van der Waals surface area contributed by atoms with Gasteiger partial charge in [0.25, 0.3) is 5.91 Å². The highest BCUT2D eigenvalue weighted by atomic mass is 35.5. The van der Waals surface area contributed by atoms with Gasteiger partial charge in [-0.2, -0.15) is 0 Å². The van der Waals surface area contributed by atoms with Gasteiger partial charge in [0, 0.05) is 20.5 Å². The largest absolute Gasteiger partial charge is 0.436 e. The van der Waals surface area contributed by atoms with Crippen LogP contribution in [0.3, 0.4) is 0 Å². The van der Waals surface area contributed by atoms with Gasteiger partial charge in [-0.3, -0.25) is 4.79 Å². The molecule has 0 aliphatic heterocycles. The summed E-state index contributed by atoms with van der Waals surface area (Å²) < 4.78 is 5.31. The Bertz CT molecular complexity index is 415. The molecular weight excluding hydrogens is 254 g/mol. The van der Waals surface area contributed by atoms with Crippen LogP contribution in [0.2, 0.25) is 0 Å². The Labute approximate surface area is 114 Å². The number of carbonyl (C=O) groups is 1. The van der Waals surface area contributed by atoms with Gasteiger partial charge >= 0.3 is 0 Å². The molecule has 0 aromatic carbocycles. The van der Waals surface area contributed by atoms with E-state index >= 15 is 0 Å². The molecule has 0 aliphatic rings. The normalized spacial score (nSPS) is 11.0. The SMILES string of the molecule is Cc1nc(C)c(C(=O)N(C)CC(C)(C)CN)o1.Cl. The van der Waals surface area contributed by atoms with Gasteiger partial charge in [-0.25, -0.2) is 4.98 Å². The Kier molecular flexibility index (Phi) is 5.83. The summed E-state index contributed by atoms with van der Waals surface area (Å²) in [6, 6.07) is 0. The molecule has 0 saturated carbocycles. The van der Waals surface area contributed by atoms with Gasteiger partial charge in [0.15, 0.2) is 5.89 Å². The maximum Gasteiger partial charge on any atom is 0.291 e. The summed E-state index contributed by atoms with van der Waals surface area (Å²) in [7, 11) is 1.75. The highest BCUT2D eigenvalue weighted by molar-refractivity contribution is 5.92. The first-order valence-corrected chi connectivity index (χ1v) is 5.66. The molecule has 0 radical (unpaired) electrons. The van der Waals surface area contributed by atoms with Crippen LogP contribution in [0.4, 0.5) is 0 Å². The zero-order valence-corrected chi connectivity index (χ0v) is 12.4. The number of rotatable bonds is 4. The molecule has 1 heterocycles. The molecule has 104 valence electrons. The first-order valence-electron chi connectivity index (χ1n) is 5.66. The van der Waals surface area contributed by atoms with Crippen LogP contribution < -0.4 is 5.73 Å². The maximum atomic E-state index is 12.1. The van der Waals surface area contributed by atoms with Crippen molar-refractivity contribution >= 4 is 18.3 Å². The minimum atomic E-state index is -0.148. The lowest BCUT2D eigenvalue weighted by molar-refractivity contribution is 0.0706. The predicted molar refractivity (Wildman–Crippen MR) is 73.0 cm³/mol. The number of nitrogens with zero attached hydrogens (tertiary/aromatic N) is 2. The van der Waals surface area contributed by atoms with E-state index in [0.717, 1.165) is 0 Å².